The maximum absolute atomic E-state index is 9.39. The van der Waals surface area contributed by atoms with Crippen molar-refractivity contribution < 1.29 is 19.3 Å². The van der Waals surface area contributed by atoms with Crippen LogP contribution in [0, 0.1) is 0 Å². The Morgan fingerprint density at radius 2 is 2.19 bits per heavy atom. The molecule has 0 saturated carbocycles. The average molecular weight is 289 g/mol. The zero-order valence-electron chi connectivity index (χ0n) is 8.96. The molecule has 1 N–H and O–H groups in total. The van der Waals surface area contributed by atoms with Crippen LogP contribution in [0.5, 0.6) is 17.2 Å². The fraction of sp³-hybridized carbons (Fsp3) is 0.455. The number of ether oxygens (including phenoxy) is 3. The van der Waals surface area contributed by atoms with E-state index in [2.05, 4.69) is 15.9 Å². The van der Waals surface area contributed by atoms with Gasteiger partial charge in [0, 0.05) is 12.5 Å². The fourth-order valence-electron chi connectivity index (χ4n) is 1.69. The summed E-state index contributed by atoms with van der Waals surface area (Å²) in [5.41, 5.74) is 0.619. The SMILES string of the molecule is COc1c(Br)cc2c(c1CO)OCCCO2. The van der Waals surface area contributed by atoms with Crippen molar-refractivity contribution in [1.29, 1.82) is 0 Å². The van der Waals surface area contributed by atoms with E-state index in [9.17, 15) is 5.11 Å². The zero-order valence-corrected chi connectivity index (χ0v) is 10.5. The molecule has 1 aliphatic rings. The molecule has 16 heavy (non-hydrogen) atoms. The van der Waals surface area contributed by atoms with Crippen LogP contribution in [0.4, 0.5) is 0 Å². The van der Waals surface area contributed by atoms with Gasteiger partial charge in [-0.2, -0.15) is 0 Å². The molecule has 1 aromatic carbocycles. The Morgan fingerprint density at radius 3 is 2.88 bits per heavy atom. The van der Waals surface area contributed by atoms with Crippen LogP contribution in [0.25, 0.3) is 0 Å². The van der Waals surface area contributed by atoms with Gasteiger partial charge in [0.15, 0.2) is 11.5 Å². The minimum atomic E-state index is -0.145. The molecule has 88 valence electrons. The van der Waals surface area contributed by atoms with Crippen LogP contribution in [-0.2, 0) is 6.61 Å². The van der Waals surface area contributed by atoms with Crippen molar-refractivity contribution in [2.45, 2.75) is 13.0 Å². The summed E-state index contributed by atoms with van der Waals surface area (Å²) in [6, 6.07) is 1.80. The van der Waals surface area contributed by atoms with Gasteiger partial charge in [0.05, 0.1) is 37.0 Å². The molecular weight excluding hydrogens is 276 g/mol. The average Bonchev–Trinajstić information content (AvgIpc) is 2.52. The van der Waals surface area contributed by atoms with Crippen LogP contribution in [0.2, 0.25) is 0 Å². The van der Waals surface area contributed by atoms with Crippen LogP contribution >= 0.6 is 15.9 Å². The summed E-state index contributed by atoms with van der Waals surface area (Å²) < 4.78 is 17.1. The number of halogens is 1. The van der Waals surface area contributed by atoms with Crippen LogP contribution in [0.3, 0.4) is 0 Å². The van der Waals surface area contributed by atoms with Gasteiger partial charge in [-0.05, 0) is 15.9 Å². The number of aliphatic hydroxyl groups is 1. The Bertz CT molecular complexity index is 392. The molecule has 0 amide bonds. The van der Waals surface area contributed by atoms with Gasteiger partial charge < -0.3 is 19.3 Å². The monoisotopic (exact) mass is 288 g/mol. The van der Waals surface area contributed by atoms with E-state index in [1.165, 1.54) is 0 Å². The number of fused-ring (bicyclic) bond motifs is 1. The molecule has 5 heteroatoms. The van der Waals surface area contributed by atoms with Crippen LogP contribution in [0.15, 0.2) is 10.5 Å². The second-order valence-electron chi connectivity index (χ2n) is 3.41. The molecule has 0 fully saturated rings. The lowest BCUT2D eigenvalue weighted by molar-refractivity contribution is 0.256. The van der Waals surface area contributed by atoms with Crippen LogP contribution < -0.4 is 14.2 Å². The first-order valence-electron chi connectivity index (χ1n) is 5.03. The highest BCUT2D eigenvalue weighted by atomic mass is 79.9. The number of hydrogen-bond acceptors (Lipinski definition) is 4. The molecule has 1 heterocycles. The van der Waals surface area contributed by atoms with Gasteiger partial charge in [0.25, 0.3) is 0 Å². The second kappa shape index (κ2) is 4.93. The Kier molecular flexibility index (Phi) is 3.56. The third-order valence-electron chi connectivity index (χ3n) is 2.40. The van der Waals surface area contributed by atoms with Crippen molar-refractivity contribution in [2.24, 2.45) is 0 Å². The minimum Gasteiger partial charge on any atom is -0.495 e. The van der Waals surface area contributed by atoms with E-state index in [1.807, 2.05) is 0 Å². The maximum Gasteiger partial charge on any atom is 0.170 e. The molecule has 4 nitrogen and oxygen atoms in total. The largest absolute Gasteiger partial charge is 0.495 e. The van der Waals surface area contributed by atoms with E-state index in [1.54, 1.807) is 13.2 Å². The number of benzene rings is 1. The van der Waals surface area contributed by atoms with E-state index in [-0.39, 0.29) is 6.61 Å². The lowest BCUT2D eigenvalue weighted by Crippen LogP contribution is -2.01. The summed E-state index contributed by atoms with van der Waals surface area (Å²) in [5.74, 6) is 1.82. The third kappa shape index (κ3) is 1.97. The topological polar surface area (TPSA) is 47.9 Å². The van der Waals surface area contributed by atoms with Crippen molar-refractivity contribution in [2.75, 3.05) is 20.3 Å². The first-order valence-corrected chi connectivity index (χ1v) is 5.83. The molecule has 0 unspecified atom stereocenters. The molecule has 2 rings (SSSR count). The normalized spacial score (nSPS) is 14.4. The lowest BCUT2D eigenvalue weighted by Gasteiger charge is -2.16. The molecule has 0 aliphatic carbocycles. The van der Waals surface area contributed by atoms with Gasteiger partial charge in [0.1, 0.15) is 5.75 Å². The summed E-state index contributed by atoms with van der Waals surface area (Å²) in [6.45, 7) is 1.07. The molecule has 1 aliphatic heterocycles. The second-order valence-corrected chi connectivity index (χ2v) is 4.26. The number of aliphatic hydroxyl groups excluding tert-OH is 1. The maximum atomic E-state index is 9.39. The van der Waals surface area contributed by atoms with Crippen molar-refractivity contribution >= 4 is 15.9 Å². The van der Waals surface area contributed by atoms with Gasteiger partial charge in [-0.1, -0.05) is 0 Å². The quantitative estimate of drug-likeness (QED) is 0.906. The van der Waals surface area contributed by atoms with Crippen molar-refractivity contribution in [1.82, 2.24) is 0 Å². The predicted molar refractivity (Wildman–Crippen MR) is 62.2 cm³/mol. The molecule has 0 saturated heterocycles. The Balaban J connectivity index is 2.56. The summed E-state index contributed by atoms with van der Waals surface area (Å²) in [7, 11) is 1.56. The summed E-state index contributed by atoms with van der Waals surface area (Å²) in [5, 5.41) is 9.39. The Hall–Kier alpha value is -0.940. The van der Waals surface area contributed by atoms with Crippen LogP contribution in [-0.4, -0.2) is 25.4 Å². The van der Waals surface area contributed by atoms with Crippen molar-refractivity contribution in [3.8, 4) is 17.2 Å². The van der Waals surface area contributed by atoms with E-state index in [0.29, 0.717) is 36.0 Å². The van der Waals surface area contributed by atoms with E-state index >= 15 is 0 Å². The fourth-order valence-corrected chi connectivity index (χ4v) is 2.30. The zero-order chi connectivity index (χ0) is 11.5. The molecule has 0 spiro atoms. The molecule has 0 aromatic heterocycles. The number of methoxy groups -OCH3 is 1. The van der Waals surface area contributed by atoms with E-state index < -0.39 is 0 Å². The Morgan fingerprint density at radius 1 is 1.44 bits per heavy atom. The minimum absolute atomic E-state index is 0.145. The molecule has 0 radical (unpaired) electrons. The lowest BCUT2D eigenvalue weighted by atomic mass is 10.1. The smallest absolute Gasteiger partial charge is 0.170 e. The Labute approximate surface area is 102 Å². The summed E-state index contributed by atoms with van der Waals surface area (Å²) in [4.78, 5) is 0. The summed E-state index contributed by atoms with van der Waals surface area (Å²) in [6.07, 6.45) is 0.833. The van der Waals surface area contributed by atoms with Gasteiger partial charge in [-0.25, -0.2) is 0 Å². The number of rotatable bonds is 2. The van der Waals surface area contributed by atoms with E-state index in [4.69, 9.17) is 14.2 Å². The van der Waals surface area contributed by atoms with E-state index in [0.717, 1.165) is 10.9 Å². The standard InChI is InChI=1S/C11H13BrO4/c1-14-10-7(6-13)11-9(5-8(10)12)15-3-2-4-16-11/h5,13H,2-4,6H2,1H3. The highest BCUT2D eigenvalue weighted by Gasteiger charge is 2.21. The third-order valence-corrected chi connectivity index (χ3v) is 2.99. The first-order chi connectivity index (χ1) is 7.77. The van der Waals surface area contributed by atoms with Crippen LogP contribution in [0.1, 0.15) is 12.0 Å². The molecule has 0 bridgehead atoms. The van der Waals surface area contributed by atoms with Gasteiger partial charge in [0.2, 0.25) is 0 Å². The molecule has 1 aromatic rings. The molecular formula is C11H13BrO4. The van der Waals surface area contributed by atoms with Gasteiger partial charge in [-0.15, -0.1) is 0 Å². The van der Waals surface area contributed by atoms with Crippen molar-refractivity contribution in [3.63, 3.8) is 0 Å². The highest BCUT2D eigenvalue weighted by Crippen LogP contribution is 2.43. The predicted octanol–water partition coefficient (Wildman–Crippen LogP) is 2.11. The van der Waals surface area contributed by atoms with Gasteiger partial charge in [-0.3, -0.25) is 0 Å². The first kappa shape index (κ1) is 11.5. The summed E-state index contributed by atoms with van der Waals surface area (Å²) >= 11 is 3.38. The number of hydrogen-bond donors (Lipinski definition) is 1. The van der Waals surface area contributed by atoms with Gasteiger partial charge >= 0.3 is 0 Å². The highest BCUT2D eigenvalue weighted by molar-refractivity contribution is 9.10. The molecule has 0 atom stereocenters. The van der Waals surface area contributed by atoms with Crippen molar-refractivity contribution in [3.05, 3.63) is 16.1 Å².